The van der Waals surface area contributed by atoms with Gasteiger partial charge in [0.1, 0.15) is 11.5 Å². The number of phenols is 2. The molecule has 1 aliphatic rings. The van der Waals surface area contributed by atoms with Crippen molar-refractivity contribution in [3.05, 3.63) is 29.8 Å². The number of hydrogen-bond donors (Lipinski definition) is 2. The summed E-state index contributed by atoms with van der Waals surface area (Å²) in [5, 5.41) is 22.1. The fourth-order valence-corrected chi connectivity index (χ4v) is 3.71. The first kappa shape index (κ1) is 10.8. The van der Waals surface area contributed by atoms with Crippen LogP contribution in [0, 0.1) is 0 Å². The summed E-state index contributed by atoms with van der Waals surface area (Å²) in [7, 11) is 0. The summed E-state index contributed by atoms with van der Waals surface area (Å²) in [6.45, 7) is 4.25. The molecule has 3 heteroatoms. The van der Waals surface area contributed by atoms with Crippen LogP contribution in [-0.4, -0.2) is 15.0 Å². The molecule has 0 saturated carbocycles. The summed E-state index contributed by atoms with van der Waals surface area (Å²) in [5.41, 5.74) is 0.885. The van der Waals surface area contributed by atoms with E-state index in [1.165, 1.54) is 0 Å². The molecular weight excluding hydrogens is 232 g/mol. The van der Waals surface area contributed by atoms with Crippen molar-refractivity contribution in [3.63, 3.8) is 0 Å². The molecule has 0 radical (unpaired) electrons. The fraction of sp³-hybridized carbons (Fsp3) is 0.286. The van der Waals surface area contributed by atoms with Gasteiger partial charge in [0.15, 0.2) is 0 Å². The molecule has 1 aliphatic heterocycles. The van der Waals surface area contributed by atoms with Crippen LogP contribution in [0.2, 0.25) is 0 Å². The first-order valence-corrected chi connectivity index (χ1v) is 6.46. The van der Waals surface area contributed by atoms with Gasteiger partial charge in [0.25, 0.3) is 0 Å². The van der Waals surface area contributed by atoms with E-state index in [0.29, 0.717) is 11.5 Å². The summed E-state index contributed by atoms with van der Waals surface area (Å²) in [4.78, 5) is 0.839. The summed E-state index contributed by atoms with van der Waals surface area (Å²) in [5.74, 6) is 0.635. The zero-order valence-electron chi connectivity index (χ0n) is 9.82. The molecule has 1 heterocycles. The highest BCUT2D eigenvalue weighted by atomic mass is 32.2. The standard InChI is InChI=1S/C14H14O2S/c1-14(2)7-10-11(15)8-5-3-4-6-9(8)12(16)13(10)17-14/h3-6,15-16H,7H2,1-2H3. The van der Waals surface area contributed by atoms with Crippen LogP contribution in [0.5, 0.6) is 11.5 Å². The van der Waals surface area contributed by atoms with E-state index in [1.54, 1.807) is 11.8 Å². The maximum atomic E-state index is 10.3. The molecule has 2 aromatic rings. The molecule has 0 spiro atoms. The number of fused-ring (bicyclic) bond motifs is 2. The first-order chi connectivity index (χ1) is 7.99. The summed E-state index contributed by atoms with van der Waals surface area (Å²) in [6, 6.07) is 7.44. The van der Waals surface area contributed by atoms with Crippen LogP contribution in [0.1, 0.15) is 19.4 Å². The fourth-order valence-electron chi connectivity index (χ4n) is 2.44. The van der Waals surface area contributed by atoms with Crippen molar-refractivity contribution in [2.45, 2.75) is 29.9 Å². The Hall–Kier alpha value is -1.35. The van der Waals surface area contributed by atoms with Crippen LogP contribution in [0.3, 0.4) is 0 Å². The van der Waals surface area contributed by atoms with E-state index in [9.17, 15) is 10.2 Å². The van der Waals surface area contributed by atoms with Crippen molar-refractivity contribution in [2.24, 2.45) is 0 Å². The molecule has 0 unspecified atom stereocenters. The van der Waals surface area contributed by atoms with Crippen molar-refractivity contribution >= 4 is 22.5 Å². The van der Waals surface area contributed by atoms with Gasteiger partial charge in [-0.3, -0.25) is 0 Å². The first-order valence-electron chi connectivity index (χ1n) is 5.64. The van der Waals surface area contributed by atoms with Gasteiger partial charge >= 0.3 is 0 Å². The van der Waals surface area contributed by atoms with E-state index in [0.717, 1.165) is 27.7 Å². The minimum atomic E-state index is 0.0364. The highest BCUT2D eigenvalue weighted by Gasteiger charge is 2.34. The number of thioether (sulfide) groups is 1. The molecule has 0 aromatic heterocycles. The molecule has 3 rings (SSSR count). The van der Waals surface area contributed by atoms with Crippen LogP contribution in [0.15, 0.2) is 29.2 Å². The number of rotatable bonds is 0. The lowest BCUT2D eigenvalue weighted by Crippen LogP contribution is -2.11. The highest BCUT2D eigenvalue weighted by Crippen LogP contribution is 2.54. The Morgan fingerprint density at radius 3 is 2.29 bits per heavy atom. The molecule has 88 valence electrons. The number of hydrogen-bond acceptors (Lipinski definition) is 3. The normalized spacial score (nSPS) is 17.3. The largest absolute Gasteiger partial charge is 0.507 e. The van der Waals surface area contributed by atoms with Crippen molar-refractivity contribution in [1.29, 1.82) is 0 Å². The second-order valence-electron chi connectivity index (χ2n) is 5.09. The van der Waals surface area contributed by atoms with E-state index < -0.39 is 0 Å². The van der Waals surface area contributed by atoms with E-state index in [2.05, 4.69) is 13.8 Å². The molecule has 2 aromatic carbocycles. The molecule has 0 aliphatic carbocycles. The van der Waals surface area contributed by atoms with E-state index >= 15 is 0 Å². The van der Waals surface area contributed by atoms with Gasteiger partial charge in [-0.05, 0) is 6.42 Å². The molecule has 0 amide bonds. The van der Waals surface area contributed by atoms with Crippen LogP contribution < -0.4 is 0 Å². The van der Waals surface area contributed by atoms with Gasteiger partial charge in [-0.1, -0.05) is 38.1 Å². The molecule has 0 atom stereocenters. The minimum Gasteiger partial charge on any atom is -0.507 e. The monoisotopic (exact) mass is 246 g/mol. The lowest BCUT2D eigenvalue weighted by Gasteiger charge is -2.13. The van der Waals surface area contributed by atoms with E-state index in [-0.39, 0.29) is 4.75 Å². The Labute approximate surface area is 104 Å². The Kier molecular flexibility index (Phi) is 2.11. The van der Waals surface area contributed by atoms with Gasteiger partial charge in [0, 0.05) is 21.1 Å². The number of phenolic OH excluding ortho intramolecular Hbond substituents is 2. The summed E-state index contributed by atoms with van der Waals surface area (Å²) < 4.78 is 0.0364. The minimum absolute atomic E-state index is 0.0364. The van der Waals surface area contributed by atoms with Gasteiger partial charge < -0.3 is 10.2 Å². The molecular formula is C14H14O2S. The maximum Gasteiger partial charge on any atom is 0.137 e. The van der Waals surface area contributed by atoms with E-state index in [4.69, 9.17) is 0 Å². The molecule has 0 bridgehead atoms. The Morgan fingerprint density at radius 2 is 1.65 bits per heavy atom. The molecule has 2 nitrogen and oxygen atoms in total. The SMILES string of the molecule is CC1(C)Cc2c(c(O)c3ccccc3c2O)S1. The second kappa shape index (κ2) is 3.33. The van der Waals surface area contributed by atoms with Crippen LogP contribution >= 0.6 is 11.8 Å². The Bertz CT molecular complexity index is 565. The summed E-state index contributed by atoms with van der Waals surface area (Å²) >= 11 is 1.64. The van der Waals surface area contributed by atoms with Gasteiger partial charge in [-0.2, -0.15) is 0 Å². The van der Waals surface area contributed by atoms with Gasteiger partial charge in [-0.15, -0.1) is 11.8 Å². The lowest BCUT2D eigenvalue weighted by molar-refractivity contribution is 0.452. The van der Waals surface area contributed by atoms with Crippen LogP contribution in [0.4, 0.5) is 0 Å². The van der Waals surface area contributed by atoms with Crippen molar-refractivity contribution in [2.75, 3.05) is 0 Å². The summed E-state index contributed by atoms with van der Waals surface area (Å²) in [6.07, 6.45) is 0.789. The highest BCUT2D eigenvalue weighted by molar-refractivity contribution is 8.01. The zero-order valence-corrected chi connectivity index (χ0v) is 10.6. The smallest absolute Gasteiger partial charge is 0.137 e. The average molecular weight is 246 g/mol. The predicted octanol–water partition coefficient (Wildman–Crippen LogP) is 3.68. The number of benzene rings is 2. The quantitative estimate of drug-likeness (QED) is 0.697. The maximum absolute atomic E-state index is 10.3. The number of aromatic hydroxyl groups is 2. The molecule has 17 heavy (non-hydrogen) atoms. The van der Waals surface area contributed by atoms with Crippen LogP contribution in [0.25, 0.3) is 10.8 Å². The average Bonchev–Trinajstić information content (AvgIpc) is 2.63. The molecule has 0 fully saturated rings. The van der Waals surface area contributed by atoms with Gasteiger partial charge in [0.2, 0.25) is 0 Å². The van der Waals surface area contributed by atoms with Crippen LogP contribution in [-0.2, 0) is 6.42 Å². The van der Waals surface area contributed by atoms with Gasteiger partial charge in [0.05, 0.1) is 4.90 Å². The zero-order chi connectivity index (χ0) is 12.2. The van der Waals surface area contributed by atoms with Crippen molar-refractivity contribution in [3.8, 4) is 11.5 Å². The lowest BCUT2D eigenvalue weighted by atomic mass is 9.97. The third-order valence-electron chi connectivity index (χ3n) is 3.19. The third-order valence-corrected chi connectivity index (χ3v) is 4.53. The Morgan fingerprint density at radius 1 is 1.06 bits per heavy atom. The van der Waals surface area contributed by atoms with E-state index in [1.807, 2.05) is 24.3 Å². The molecule has 2 N–H and O–H groups in total. The second-order valence-corrected chi connectivity index (χ2v) is 6.81. The van der Waals surface area contributed by atoms with Gasteiger partial charge in [-0.25, -0.2) is 0 Å². The Balaban J connectivity index is 2.40. The van der Waals surface area contributed by atoms with Crippen molar-refractivity contribution in [1.82, 2.24) is 0 Å². The third kappa shape index (κ3) is 1.49. The molecule has 0 saturated heterocycles. The predicted molar refractivity (Wildman–Crippen MR) is 70.9 cm³/mol. The topological polar surface area (TPSA) is 40.5 Å². The van der Waals surface area contributed by atoms with Crippen molar-refractivity contribution < 1.29 is 10.2 Å².